The van der Waals surface area contributed by atoms with Gasteiger partial charge in [-0.2, -0.15) is 13.2 Å². The summed E-state index contributed by atoms with van der Waals surface area (Å²) in [5.41, 5.74) is -0.422. The Hall–Kier alpha value is -1.97. The first-order valence-electron chi connectivity index (χ1n) is 7.50. The van der Waals surface area contributed by atoms with Crippen LogP contribution in [0.4, 0.5) is 26.3 Å². The van der Waals surface area contributed by atoms with E-state index in [0.29, 0.717) is 13.0 Å². The highest BCUT2D eigenvalue weighted by molar-refractivity contribution is 5.97. The molecule has 1 heterocycles. The highest BCUT2D eigenvalue weighted by Gasteiger charge is 2.36. The molecule has 25 heavy (non-hydrogen) atoms. The Labute approximate surface area is 139 Å². The van der Waals surface area contributed by atoms with Crippen molar-refractivity contribution in [3.8, 4) is 5.75 Å². The second kappa shape index (κ2) is 7.51. The van der Waals surface area contributed by atoms with Gasteiger partial charge in [-0.1, -0.05) is 12.1 Å². The van der Waals surface area contributed by atoms with Crippen molar-refractivity contribution < 1.29 is 35.9 Å². The molecular formula is C15H16F6N2O2. The third kappa shape index (κ3) is 5.80. The van der Waals surface area contributed by atoms with Crippen molar-refractivity contribution in [3.05, 3.63) is 29.8 Å². The van der Waals surface area contributed by atoms with Gasteiger partial charge >= 0.3 is 12.5 Å². The van der Waals surface area contributed by atoms with Gasteiger partial charge in [-0.25, -0.2) is 0 Å². The lowest BCUT2D eigenvalue weighted by Gasteiger charge is -2.29. The first kappa shape index (κ1) is 19.4. The number of hydrogen-bond acceptors (Lipinski definition) is 3. The van der Waals surface area contributed by atoms with Crippen LogP contribution < -0.4 is 10.1 Å². The molecular weight excluding hydrogens is 354 g/mol. The summed E-state index contributed by atoms with van der Waals surface area (Å²) >= 11 is 0. The molecule has 1 amide bonds. The van der Waals surface area contributed by atoms with Gasteiger partial charge in [0.25, 0.3) is 5.91 Å². The van der Waals surface area contributed by atoms with Gasteiger partial charge in [-0.05, 0) is 25.1 Å². The van der Waals surface area contributed by atoms with Crippen molar-refractivity contribution in [1.82, 2.24) is 10.2 Å². The lowest BCUT2D eigenvalue weighted by molar-refractivity contribution is -0.274. The summed E-state index contributed by atoms with van der Waals surface area (Å²) in [6.07, 6.45) is -10.3. The second-order valence-electron chi connectivity index (χ2n) is 5.55. The first-order chi connectivity index (χ1) is 11.6. The van der Waals surface area contributed by atoms with Crippen LogP contribution in [0.2, 0.25) is 0 Å². The number of amides is 1. The number of hydrogen-bond donors (Lipinski definition) is 1. The zero-order chi connectivity index (χ0) is 18.7. The molecule has 2 rings (SSSR count). The molecule has 1 atom stereocenters. The van der Waals surface area contributed by atoms with E-state index in [-0.39, 0.29) is 6.54 Å². The van der Waals surface area contributed by atoms with Crippen molar-refractivity contribution in [2.45, 2.75) is 31.4 Å². The Balaban J connectivity index is 2.26. The lowest BCUT2D eigenvalue weighted by atomic mass is 10.1. The fourth-order valence-corrected chi connectivity index (χ4v) is 2.61. The van der Waals surface area contributed by atoms with Crippen LogP contribution in [0.1, 0.15) is 23.2 Å². The summed E-state index contributed by atoms with van der Waals surface area (Å²) in [6.45, 7) is 0.169. The molecule has 1 aromatic carbocycles. The molecule has 0 bridgehead atoms. The molecule has 1 aliphatic heterocycles. The monoisotopic (exact) mass is 370 g/mol. The van der Waals surface area contributed by atoms with E-state index in [1.807, 2.05) is 0 Å². The molecule has 0 spiro atoms. The van der Waals surface area contributed by atoms with Crippen molar-refractivity contribution >= 4 is 5.91 Å². The molecule has 0 aliphatic carbocycles. The molecule has 1 N–H and O–H groups in total. The maximum Gasteiger partial charge on any atom is 0.573 e. The molecule has 0 saturated carbocycles. The van der Waals surface area contributed by atoms with Gasteiger partial charge < -0.3 is 15.0 Å². The van der Waals surface area contributed by atoms with Crippen LogP contribution in [0.15, 0.2) is 24.3 Å². The molecule has 0 aromatic heterocycles. The van der Waals surface area contributed by atoms with E-state index in [1.54, 1.807) is 0 Å². The van der Waals surface area contributed by atoms with Crippen LogP contribution in [-0.2, 0) is 0 Å². The van der Waals surface area contributed by atoms with E-state index < -0.39 is 48.8 Å². The van der Waals surface area contributed by atoms with Crippen LogP contribution in [0.3, 0.4) is 0 Å². The lowest BCUT2D eigenvalue weighted by Crippen LogP contribution is -2.43. The Morgan fingerprint density at radius 1 is 1.20 bits per heavy atom. The van der Waals surface area contributed by atoms with Crippen LogP contribution in [0, 0.1) is 0 Å². The number of nitrogens with zero attached hydrogens (tertiary/aromatic N) is 1. The minimum Gasteiger partial charge on any atom is -0.405 e. The number of alkyl halides is 6. The molecule has 10 heteroatoms. The molecule has 0 unspecified atom stereocenters. The van der Waals surface area contributed by atoms with Gasteiger partial charge in [0.2, 0.25) is 0 Å². The number of ether oxygens (including phenoxy) is 1. The molecule has 0 radical (unpaired) electrons. The summed E-state index contributed by atoms with van der Waals surface area (Å²) < 4.78 is 78.9. The van der Waals surface area contributed by atoms with Crippen molar-refractivity contribution in [3.63, 3.8) is 0 Å². The van der Waals surface area contributed by atoms with Crippen molar-refractivity contribution in [1.29, 1.82) is 0 Å². The average Bonchev–Trinajstić information content (AvgIpc) is 2.99. The molecule has 1 aromatic rings. The van der Waals surface area contributed by atoms with Gasteiger partial charge in [0.1, 0.15) is 5.75 Å². The number of nitrogens with one attached hydrogen (secondary N) is 1. The Kier molecular flexibility index (Phi) is 5.81. The van der Waals surface area contributed by atoms with E-state index in [9.17, 15) is 31.1 Å². The summed E-state index contributed by atoms with van der Waals surface area (Å²) in [5, 5.41) is 2.92. The molecule has 1 aliphatic rings. The van der Waals surface area contributed by atoms with E-state index in [0.717, 1.165) is 17.0 Å². The second-order valence-corrected chi connectivity index (χ2v) is 5.55. The Morgan fingerprint density at radius 3 is 2.44 bits per heavy atom. The average molecular weight is 370 g/mol. The van der Waals surface area contributed by atoms with Gasteiger partial charge in [0.15, 0.2) is 0 Å². The van der Waals surface area contributed by atoms with Crippen LogP contribution in [-0.4, -0.2) is 49.0 Å². The largest absolute Gasteiger partial charge is 0.573 e. The fourth-order valence-electron chi connectivity index (χ4n) is 2.61. The molecule has 1 saturated heterocycles. The zero-order valence-electron chi connectivity index (χ0n) is 13.0. The zero-order valence-corrected chi connectivity index (χ0v) is 13.0. The standard InChI is InChI=1S/C15H16F6N2O2/c16-14(17,18)6-8-23(10-5-7-22-9-10)13(24)11-3-1-2-4-12(11)25-15(19,20)21/h1-4,10,22H,5-9H2/t10-/m0/s1. The molecule has 140 valence electrons. The first-order valence-corrected chi connectivity index (χ1v) is 7.50. The number of rotatable bonds is 5. The smallest absolute Gasteiger partial charge is 0.405 e. The van der Waals surface area contributed by atoms with Gasteiger partial charge in [-0.15, -0.1) is 13.2 Å². The maximum absolute atomic E-state index is 12.6. The summed E-state index contributed by atoms with van der Waals surface area (Å²) in [6, 6.07) is 4.11. The van der Waals surface area contributed by atoms with E-state index in [4.69, 9.17) is 0 Å². The van der Waals surface area contributed by atoms with Crippen LogP contribution >= 0.6 is 0 Å². The Morgan fingerprint density at radius 2 is 1.88 bits per heavy atom. The van der Waals surface area contributed by atoms with E-state index in [2.05, 4.69) is 10.1 Å². The topological polar surface area (TPSA) is 41.6 Å². The summed E-state index contributed by atoms with van der Waals surface area (Å²) in [5.74, 6) is -1.65. The number of para-hydroxylation sites is 1. The third-order valence-electron chi connectivity index (χ3n) is 3.72. The summed E-state index contributed by atoms with van der Waals surface area (Å²) in [4.78, 5) is 13.6. The summed E-state index contributed by atoms with van der Waals surface area (Å²) in [7, 11) is 0. The number of benzene rings is 1. The third-order valence-corrected chi connectivity index (χ3v) is 3.72. The van der Waals surface area contributed by atoms with Gasteiger partial charge in [0, 0.05) is 19.1 Å². The van der Waals surface area contributed by atoms with Crippen LogP contribution in [0.5, 0.6) is 5.75 Å². The molecule has 4 nitrogen and oxygen atoms in total. The highest BCUT2D eigenvalue weighted by Crippen LogP contribution is 2.29. The number of carbonyl (C=O) groups is 1. The number of carbonyl (C=O) groups excluding carboxylic acids is 1. The fraction of sp³-hybridized carbons (Fsp3) is 0.533. The predicted octanol–water partition coefficient (Wildman–Crippen LogP) is 3.34. The minimum absolute atomic E-state index is 0.284. The quantitative estimate of drug-likeness (QED) is 0.809. The molecule has 1 fully saturated rings. The Bertz CT molecular complexity index is 596. The predicted molar refractivity (Wildman–Crippen MR) is 76.1 cm³/mol. The normalized spacial score (nSPS) is 18.2. The van der Waals surface area contributed by atoms with Crippen molar-refractivity contribution in [2.75, 3.05) is 19.6 Å². The highest BCUT2D eigenvalue weighted by atomic mass is 19.4. The SMILES string of the molecule is O=C(c1ccccc1OC(F)(F)F)N(CCC(F)(F)F)[C@H]1CCNC1. The van der Waals surface area contributed by atoms with Gasteiger partial charge in [-0.3, -0.25) is 4.79 Å². The van der Waals surface area contributed by atoms with Crippen LogP contribution in [0.25, 0.3) is 0 Å². The van der Waals surface area contributed by atoms with E-state index >= 15 is 0 Å². The maximum atomic E-state index is 12.6. The minimum atomic E-state index is -5.01. The van der Waals surface area contributed by atoms with Crippen molar-refractivity contribution in [2.24, 2.45) is 0 Å². The number of halogens is 6. The van der Waals surface area contributed by atoms with E-state index in [1.165, 1.54) is 12.1 Å². The van der Waals surface area contributed by atoms with Gasteiger partial charge in [0.05, 0.1) is 12.0 Å².